The third kappa shape index (κ3) is 3.95. The molecule has 1 N–H and O–H groups in total. The summed E-state index contributed by atoms with van der Waals surface area (Å²) in [5.41, 5.74) is 0.260. The van der Waals surface area contributed by atoms with Crippen LogP contribution in [0.2, 0.25) is 20.1 Å². The zero-order valence-corrected chi connectivity index (χ0v) is 18.3. The van der Waals surface area contributed by atoms with E-state index in [0.29, 0.717) is 21.4 Å². The van der Waals surface area contributed by atoms with Crippen molar-refractivity contribution in [3.8, 4) is 11.3 Å². The molecule has 1 saturated heterocycles. The third-order valence-corrected chi connectivity index (χ3v) is 6.03. The summed E-state index contributed by atoms with van der Waals surface area (Å²) in [4.78, 5) is 38.4. The van der Waals surface area contributed by atoms with Crippen LogP contribution in [-0.4, -0.2) is 17.8 Å². The van der Waals surface area contributed by atoms with Crippen molar-refractivity contribution in [3.05, 3.63) is 80.0 Å². The number of urea groups is 1. The molecule has 0 radical (unpaired) electrons. The van der Waals surface area contributed by atoms with Gasteiger partial charge in [0.2, 0.25) is 0 Å². The Morgan fingerprint density at radius 1 is 0.839 bits per heavy atom. The SMILES string of the molecule is O=C1NC(=O)N(c2cccc(Cl)c2Cl)C(=O)C1=Cc1ccc(-c2cccc(Cl)c2Cl)o1. The van der Waals surface area contributed by atoms with Gasteiger partial charge in [0.15, 0.2) is 0 Å². The van der Waals surface area contributed by atoms with E-state index in [-0.39, 0.29) is 27.1 Å². The van der Waals surface area contributed by atoms with Gasteiger partial charge >= 0.3 is 6.03 Å². The molecule has 4 amide bonds. The van der Waals surface area contributed by atoms with E-state index >= 15 is 0 Å². The predicted octanol–water partition coefficient (Wildman–Crippen LogP) is 6.23. The Morgan fingerprint density at radius 3 is 2.26 bits per heavy atom. The average Bonchev–Trinajstić information content (AvgIpc) is 3.19. The van der Waals surface area contributed by atoms with Gasteiger partial charge in [-0.2, -0.15) is 0 Å². The summed E-state index contributed by atoms with van der Waals surface area (Å²) < 4.78 is 5.71. The standard InChI is InChI=1S/C21H10Cl4N2O4/c22-13-4-1-3-11(17(13)24)16-8-7-10(31-16)9-12-19(28)26-21(30)27(20(12)29)15-6-2-5-14(23)18(15)25/h1-9H,(H,26,28,30). The zero-order chi connectivity index (χ0) is 22.3. The van der Waals surface area contributed by atoms with E-state index in [1.54, 1.807) is 30.3 Å². The average molecular weight is 496 g/mol. The first kappa shape index (κ1) is 21.5. The summed E-state index contributed by atoms with van der Waals surface area (Å²) in [6.07, 6.45) is 1.22. The molecule has 10 heteroatoms. The Balaban J connectivity index is 1.72. The van der Waals surface area contributed by atoms with E-state index < -0.39 is 17.8 Å². The Hall–Kier alpha value is -2.77. The molecule has 2 aromatic carbocycles. The molecule has 1 aromatic heterocycles. The highest BCUT2D eigenvalue weighted by atomic mass is 35.5. The van der Waals surface area contributed by atoms with Gasteiger partial charge in [-0.1, -0.05) is 58.5 Å². The molecule has 3 aromatic rings. The van der Waals surface area contributed by atoms with E-state index in [1.165, 1.54) is 24.3 Å². The summed E-state index contributed by atoms with van der Waals surface area (Å²) in [5.74, 6) is -1.18. The smallest absolute Gasteiger partial charge is 0.336 e. The van der Waals surface area contributed by atoms with Gasteiger partial charge in [0, 0.05) is 5.56 Å². The number of carbonyl (C=O) groups excluding carboxylic acids is 3. The Morgan fingerprint density at radius 2 is 1.52 bits per heavy atom. The van der Waals surface area contributed by atoms with Crippen LogP contribution >= 0.6 is 46.4 Å². The maximum Gasteiger partial charge on any atom is 0.336 e. The fraction of sp³-hybridized carbons (Fsp3) is 0. The van der Waals surface area contributed by atoms with Crippen LogP contribution in [-0.2, 0) is 9.59 Å². The number of hydrogen-bond donors (Lipinski definition) is 1. The van der Waals surface area contributed by atoms with Crippen LogP contribution in [0.3, 0.4) is 0 Å². The van der Waals surface area contributed by atoms with Crippen LogP contribution in [0.4, 0.5) is 10.5 Å². The minimum atomic E-state index is -0.942. The highest BCUT2D eigenvalue weighted by Gasteiger charge is 2.38. The topological polar surface area (TPSA) is 79.6 Å². The Bertz CT molecular complexity index is 1280. The van der Waals surface area contributed by atoms with E-state index in [2.05, 4.69) is 5.32 Å². The molecule has 0 saturated carbocycles. The van der Waals surface area contributed by atoms with E-state index in [0.717, 1.165) is 4.90 Å². The normalized spacial score (nSPS) is 15.5. The maximum atomic E-state index is 13.0. The van der Waals surface area contributed by atoms with Crippen LogP contribution in [0, 0.1) is 0 Å². The maximum absolute atomic E-state index is 13.0. The third-order valence-electron chi connectivity index (χ3n) is 4.40. The van der Waals surface area contributed by atoms with Gasteiger partial charge in [-0.3, -0.25) is 14.9 Å². The number of nitrogens with one attached hydrogen (secondary N) is 1. The van der Waals surface area contributed by atoms with Crippen LogP contribution in [0.5, 0.6) is 0 Å². The van der Waals surface area contributed by atoms with Crippen molar-refractivity contribution in [1.82, 2.24) is 5.32 Å². The summed E-state index contributed by atoms with van der Waals surface area (Å²) in [5, 5.41) is 2.91. The number of halogens is 4. The second-order valence-corrected chi connectivity index (χ2v) is 7.90. The second-order valence-electron chi connectivity index (χ2n) is 6.33. The van der Waals surface area contributed by atoms with Crippen LogP contribution in [0.25, 0.3) is 17.4 Å². The molecular weight excluding hydrogens is 486 g/mol. The summed E-state index contributed by atoms with van der Waals surface area (Å²) in [6, 6.07) is 11.7. The van der Waals surface area contributed by atoms with Crippen molar-refractivity contribution >= 4 is 76.0 Å². The minimum absolute atomic E-state index is 0.00255. The Kier molecular flexibility index (Phi) is 5.81. The largest absolute Gasteiger partial charge is 0.457 e. The van der Waals surface area contributed by atoms with E-state index in [9.17, 15) is 14.4 Å². The van der Waals surface area contributed by atoms with Crippen LogP contribution in [0.15, 0.2) is 58.5 Å². The van der Waals surface area contributed by atoms with Gasteiger partial charge in [0.1, 0.15) is 17.1 Å². The van der Waals surface area contributed by atoms with Crippen molar-refractivity contribution in [2.45, 2.75) is 0 Å². The van der Waals surface area contributed by atoms with Gasteiger partial charge in [0.05, 0.1) is 25.8 Å². The lowest BCUT2D eigenvalue weighted by atomic mass is 10.1. The molecular formula is C21H10Cl4N2O4. The molecule has 156 valence electrons. The van der Waals surface area contributed by atoms with Crippen LogP contribution < -0.4 is 10.2 Å². The molecule has 0 spiro atoms. The lowest BCUT2D eigenvalue weighted by Crippen LogP contribution is -2.54. The highest BCUT2D eigenvalue weighted by molar-refractivity contribution is 6.46. The number of imide groups is 2. The fourth-order valence-electron chi connectivity index (χ4n) is 2.95. The monoisotopic (exact) mass is 494 g/mol. The summed E-state index contributed by atoms with van der Waals surface area (Å²) in [7, 11) is 0. The first-order valence-electron chi connectivity index (χ1n) is 8.67. The minimum Gasteiger partial charge on any atom is -0.457 e. The van der Waals surface area contributed by atoms with Gasteiger partial charge in [0.25, 0.3) is 11.8 Å². The quantitative estimate of drug-likeness (QED) is 0.345. The van der Waals surface area contributed by atoms with Gasteiger partial charge in [-0.25, -0.2) is 9.69 Å². The zero-order valence-electron chi connectivity index (χ0n) is 15.3. The molecule has 4 rings (SSSR count). The molecule has 0 aliphatic carbocycles. The van der Waals surface area contributed by atoms with Gasteiger partial charge < -0.3 is 4.42 Å². The Labute approximate surface area is 195 Å². The highest BCUT2D eigenvalue weighted by Crippen LogP contribution is 2.36. The van der Waals surface area contributed by atoms with E-state index in [1.807, 2.05) is 0 Å². The number of barbiturate groups is 1. The predicted molar refractivity (Wildman–Crippen MR) is 120 cm³/mol. The molecule has 0 unspecified atom stereocenters. The van der Waals surface area contributed by atoms with Crippen molar-refractivity contribution < 1.29 is 18.8 Å². The molecule has 1 fully saturated rings. The lowest BCUT2D eigenvalue weighted by Gasteiger charge is -2.27. The number of hydrogen-bond acceptors (Lipinski definition) is 4. The fourth-order valence-corrected chi connectivity index (χ4v) is 3.73. The van der Waals surface area contributed by atoms with Crippen molar-refractivity contribution in [2.75, 3.05) is 4.90 Å². The first-order chi connectivity index (χ1) is 14.8. The van der Waals surface area contributed by atoms with Gasteiger partial charge in [-0.15, -0.1) is 0 Å². The number of rotatable bonds is 3. The molecule has 1 aliphatic rings. The van der Waals surface area contributed by atoms with E-state index in [4.69, 9.17) is 50.8 Å². The number of carbonyl (C=O) groups is 3. The molecule has 6 nitrogen and oxygen atoms in total. The number of nitrogens with zero attached hydrogens (tertiary/aromatic N) is 1. The van der Waals surface area contributed by atoms with Crippen molar-refractivity contribution in [2.24, 2.45) is 0 Å². The molecule has 31 heavy (non-hydrogen) atoms. The molecule has 0 atom stereocenters. The number of furan rings is 1. The molecule has 1 aliphatic heterocycles. The van der Waals surface area contributed by atoms with Crippen LogP contribution in [0.1, 0.15) is 5.76 Å². The van der Waals surface area contributed by atoms with Crippen molar-refractivity contribution in [3.63, 3.8) is 0 Å². The molecule has 2 heterocycles. The summed E-state index contributed by atoms with van der Waals surface area (Å²) >= 11 is 24.4. The molecule has 0 bridgehead atoms. The number of benzene rings is 2. The summed E-state index contributed by atoms with van der Waals surface area (Å²) in [6.45, 7) is 0. The lowest BCUT2D eigenvalue weighted by molar-refractivity contribution is -0.122. The second kappa shape index (κ2) is 8.40. The van der Waals surface area contributed by atoms with Crippen molar-refractivity contribution in [1.29, 1.82) is 0 Å². The number of amides is 4. The number of anilines is 1. The van der Waals surface area contributed by atoms with Gasteiger partial charge in [-0.05, 0) is 42.5 Å². The first-order valence-corrected chi connectivity index (χ1v) is 10.2.